The number of pyridine rings is 1. The molecule has 3 heterocycles. The fraction of sp³-hybridized carbons (Fsp3) is 0. The first-order valence-corrected chi connectivity index (χ1v) is 20.7. The van der Waals surface area contributed by atoms with Crippen molar-refractivity contribution in [3.05, 3.63) is 218 Å². The Morgan fingerprint density at radius 2 is 0.951 bits per heavy atom. The van der Waals surface area contributed by atoms with Gasteiger partial charge in [-0.1, -0.05) is 176 Å². The van der Waals surface area contributed by atoms with Gasteiger partial charge in [-0.15, -0.1) is 0 Å². The molecule has 4 nitrogen and oxygen atoms in total. The summed E-state index contributed by atoms with van der Waals surface area (Å²) in [6.45, 7) is 0. The number of aromatic nitrogens is 4. The van der Waals surface area contributed by atoms with Crippen LogP contribution in [0.2, 0.25) is 0 Å². The molecule has 12 rings (SSSR count). The lowest BCUT2D eigenvalue weighted by Crippen LogP contribution is -1.96. The van der Waals surface area contributed by atoms with Gasteiger partial charge in [0.1, 0.15) is 0 Å². The lowest BCUT2D eigenvalue weighted by Gasteiger charge is -2.14. The summed E-state index contributed by atoms with van der Waals surface area (Å²) in [7, 11) is 0. The van der Waals surface area contributed by atoms with Gasteiger partial charge in [-0.25, -0.2) is 15.0 Å². The van der Waals surface area contributed by atoms with Gasteiger partial charge < -0.3 is 4.57 Å². The summed E-state index contributed by atoms with van der Waals surface area (Å²) < 4.78 is 2.46. The molecule has 0 aliphatic rings. The monoisotopic (exact) mass is 776 g/mol. The molecule has 3 aromatic heterocycles. The summed E-state index contributed by atoms with van der Waals surface area (Å²) in [4.78, 5) is 15.5. The molecule has 12 aromatic rings. The van der Waals surface area contributed by atoms with Crippen LogP contribution in [0.1, 0.15) is 0 Å². The van der Waals surface area contributed by atoms with E-state index in [9.17, 15) is 0 Å². The zero-order valence-electron chi connectivity index (χ0n) is 33.1. The maximum Gasteiger partial charge on any atom is 0.160 e. The standard InChI is InChI=1S/C57H36N4/c1-5-16-38(17-6-1)50-36-51(60-57(59-50)40-20-9-3-10-21-40)42-31-29-37-28-30-41(34-43(37)35-42)45-25-15-27-52-53(45)48-33-32-47-54(56(48)61(52)44-22-11-4-12-23-44)46-24-13-14-26-49(46)58-55(47)39-18-7-2-8-19-39/h1-36H. The van der Waals surface area contributed by atoms with Crippen LogP contribution < -0.4 is 0 Å². The average molecular weight is 777 g/mol. The van der Waals surface area contributed by atoms with Crippen LogP contribution in [0, 0.1) is 0 Å². The topological polar surface area (TPSA) is 43.6 Å². The summed E-state index contributed by atoms with van der Waals surface area (Å²) in [5.74, 6) is 0.708. The van der Waals surface area contributed by atoms with Crippen molar-refractivity contribution in [2.24, 2.45) is 0 Å². The highest BCUT2D eigenvalue weighted by molar-refractivity contribution is 6.28. The normalized spacial score (nSPS) is 11.6. The van der Waals surface area contributed by atoms with E-state index in [-0.39, 0.29) is 0 Å². The highest BCUT2D eigenvalue weighted by Gasteiger charge is 2.22. The molecular formula is C57H36N4. The largest absolute Gasteiger partial charge is 0.309 e. The van der Waals surface area contributed by atoms with E-state index in [1.165, 1.54) is 32.6 Å². The molecule has 284 valence electrons. The van der Waals surface area contributed by atoms with Gasteiger partial charge >= 0.3 is 0 Å². The molecule has 0 saturated heterocycles. The van der Waals surface area contributed by atoms with Gasteiger partial charge in [0, 0.05) is 54.9 Å². The van der Waals surface area contributed by atoms with Crippen molar-refractivity contribution < 1.29 is 0 Å². The highest BCUT2D eigenvalue weighted by atomic mass is 15.0. The van der Waals surface area contributed by atoms with Gasteiger partial charge in [0.2, 0.25) is 0 Å². The van der Waals surface area contributed by atoms with Crippen LogP contribution in [0.4, 0.5) is 0 Å². The molecule has 0 unspecified atom stereocenters. The zero-order valence-corrected chi connectivity index (χ0v) is 33.1. The van der Waals surface area contributed by atoms with Gasteiger partial charge in [0.15, 0.2) is 5.82 Å². The van der Waals surface area contributed by atoms with E-state index in [0.29, 0.717) is 5.82 Å². The molecule has 0 radical (unpaired) electrons. The number of para-hydroxylation sites is 2. The number of rotatable bonds is 6. The third kappa shape index (κ3) is 5.88. The van der Waals surface area contributed by atoms with Crippen LogP contribution in [-0.4, -0.2) is 19.5 Å². The van der Waals surface area contributed by atoms with Crippen LogP contribution in [0.25, 0.3) is 116 Å². The summed E-state index contributed by atoms with van der Waals surface area (Å²) in [6, 6.07) is 77.4. The molecule has 61 heavy (non-hydrogen) atoms. The Bertz CT molecular complexity index is 3560. The molecule has 9 aromatic carbocycles. The van der Waals surface area contributed by atoms with Gasteiger partial charge in [-0.3, -0.25) is 0 Å². The number of hydrogen-bond acceptors (Lipinski definition) is 3. The summed E-state index contributed by atoms with van der Waals surface area (Å²) in [5, 5.41) is 8.21. The minimum absolute atomic E-state index is 0.708. The zero-order chi connectivity index (χ0) is 40.3. The Morgan fingerprint density at radius 3 is 1.70 bits per heavy atom. The van der Waals surface area contributed by atoms with Crippen LogP contribution in [0.3, 0.4) is 0 Å². The smallest absolute Gasteiger partial charge is 0.160 e. The Kier molecular flexibility index (Phi) is 8.13. The van der Waals surface area contributed by atoms with Gasteiger partial charge in [-0.05, 0) is 64.4 Å². The third-order valence-corrected chi connectivity index (χ3v) is 12.0. The summed E-state index contributed by atoms with van der Waals surface area (Å²) >= 11 is 0. The fourth-order valence-electron chi connectivity index (χ4n) is 9.13. The molecule has 0 saturated carbocycles. The molecule has 0 amide bonds. The first-order chi connectivity index (χ1) is 30.2. The number of hydrogen-bond donors (Lipinski definition) is 0. The average Bonchev–Trinajstić information content (AvgIpc) is 3.69. The molecule has 0 N–H and O–H groups in total. The van der Waals surface area contributed by atoms with E-state index in [1.54, 1.807) is 0 Å². The van der Waals surface area contributed by atoms with Crippen LogP contribution in [0.15, 0.2) is 218 Å². The lowest BCUT2D eigenvalue weighted by atomic mass is 9.94. The minimum Gasteiger partial charge on any atom is -0.309 e. The van der Waals surface area contributed by atoms with Crippen molar-refractivity contribution in [1.29, 1.82) is 0 Å². The Hall–Kier alpha value is -8.21. The predicted octanol–water partition coefficient (Wildman–Crippen LogP) is 14.8. The van der Waals surface area contributed by atoms with E-state index in [2.05, 4.69) is 199 Å². The van der Waals surface area contributed by atoms with E-state index in [1.807, 2.05) is 24.3 Å². The van der Waals surface area contributed by atoms with Crippen molar-refractivity contribution >= 4 is 54.3 Å². The number of fused-ring (bicyclic) bond motifs is 8. The molecule has 4 heteroatoms. The van der Waals surface area contributed by atoms with E-state index >= 15 is 0 Å². The molecular weight excluding hydrogens is 741 g/mol. The van der Waals surface area contributed by atoms with Crippen molar-refractivity contribution in [2.75, 3.05) is 0 Å². The van der Waals surface area contributed by atoms with Gasteiger partial charge in [0.05, 0.1) is 33.6 Å². The lowest BCUT2D eigenvalue weighted by molar-refractivity contribution is 1.18. The second kappa shape index (κ2) is 14.3. The second-order valence-corrected chi connectivity index (χ2v) is 15.6. The quantitative estimate of drug-likeness (QED) is 0.158. The fourth-order valence-corrected chi connectivity index (χ4v) is 9.13. The Morgan fingerprint density at radius 1 is 0.344 bits per heavy atom. The third-order valence-electron chi connectivity index (χ3n) is 12.0. The number of benzene rings is 9. The predicted molar refractivity (Wildman–Crippen MR) is 254 cm³/mol. The number of nitrogens with zero attached hydrogens (tertiary/aromatic N) is 4. The van der Waals surface area contributed by atoms with E-state index in [0.717, 1.165) is 77.8 Å². The van der Waals surface area contributed by atoms with Crippen molar-refractivity contribution in [1.82, 2.24) is 19.5 Å². The van der Waals surface area contributed by atoms with Crippen LogP contribution >= 0.6 is 0 Å². The molecule has 0 bridgehead atoms. The molecule has 0 spiro atoms. The Labute approximate surface area is 352 Å². The SMILES string of the molecule is c1ccc(-c2cc(-c3ccc4ccc(-c5cccc6c5c5ccc7c(-c8ccccc8)nc8ccccc8c7c5n6-c5ccccc5)cc4c3)nc(-c3ccccc3)n2)cc1. The van der Waals surface area contributed by atoms with Gasteiger partial charge in [-0.2, -0.15) is 0 Å². The molecule has 0 fully saturated rings. The summed E-state index contributed by atoms with van der Waals surface area (Å²) in [5.41, 5.74) is 13.7. The van der Waals surface area contributed by atoms with Crippen molar-refractivity contribution in [2.45, 2.75) is 0 Å². The van der Waals surface area contributed by atoms with Gasteiger partial charge in [0.25, 0.3) is 0 Å². The minimum atomic E-state index is 0.708. The molecule has 0 aliphatic heterocycles. The first kappa shape index (κ1) is 34.8. The first-order valence-electron chi connectivity index (χ1n) is 20.7. The Balaban J connectivity index is 1.09. The summed E-state index contributed by atoms with van der Waals surface area (Å²) in [6.07, 6.45) is 0. The van der Waals surface area contributed by atoms with Crippen LogP contribution in [-0.2, 0) is 0 Å². The second-order valence-electron chi connectivity index (χ2n) is 15.6. The van der Waals surface area contributed by atoms with E-state index in [4.69, 9.17) is 15.0 Å². The van der Waals surface area contributed by atoms with Crippen molar-refractivity contribution in [3.63, 3.8) is 0 Å². The molecule has 0 atom stereocenters. The maximum atomic E-state index is 5.28. The maximum absolute atomic E-state index is 5.28. The molecule has 0 aliphatic carbocycles. The van der Waals surface area contributed by atoms with Crippen LogP contribution in [0.5, 0.6) is 0 Å². The van der Waals surface area contributed by atoms with E-state index < -0.39 is 0 Å². The van der Waals surface area contributed by atoms with Crippen molar-refractivity contribution in [3.8, 4) is 62.0 Å². The highest BCUT2D eigenvalue weighted by Crippen LogP contribution is 2.45.